The number of nitrogens with zero attached hydrogens (tertiary/aromatic N) is 3. The van der Waals surface area contributed by atoms with Crippen molar-refractivity contribution in [3.05, 3.63) is 67.0 Å². The second-order valence-electron chi connectivity index (χ2n) is 7.35. The first-order valence-electron chi connectivity index (χ1n) is 10.1. The van der Waals surface area contributed by atoms with Crippen LogP contribution < -0.4 is 5.32 Å². The molecule has 1 amide bonds. The van der Waals surface area contributed by atoms with Gasteiger partial charge in [-0.3, -0.25) is 4.79 Å². The number of hydrogen-bond donors (Lipinski definition) is 2. The molecule has 2 N–H and O–H groups in total. The molecular formula is C23H30F2N4O2. The Bertz CT molecular complexity index is 844. The lowest BCUT2D eigenvalue weighted by molar-refractivity contribution is -0.130. The molecule has 8 heteroatoms. The third-order valence-electron chi connectivity index (χ3n) is 5.01. The van der Waals surface area contributed by atoms with E-state index >= 15 is 0 Å². The van der Waals surface area contributed by atoms with Gasteiger partial charge in [-0.25, -0.2) is 13.8 Å². The first-order valence-corrected chi connectivity index (χ1v) is 10.1. The number of anilines is 1. The number of halogens is 2. The molecule has 0 spiro atoms. The lowest BCUT2D eigenvalue weighted by Gasteiger charge is -2.42. The van der Waals surface area contributed by atoms with Crippen molar-refractivity contribution in [2.45, 2.75) is 32.2 Å². The summed E-state index contributed by atoms with van der Waals surface area (Å²) in [5.41, 5.74) is 1.04. The number of aliphatic hydroxyl groups is 1. The standard InChI is InChI=1S/C23H30F2N4O2/c1-5-12-26-22(17(3)27-19-9-7-18(8-10-19)23(4,24)25)28-13-14-29(21(31)6-2)20(16-28)11-15-30/h5-10,12,20,27,30H,2-3,11,13-16H2,1,4H3/b12-5-,26-22?. The van der Waals surface area contributed by atoms with E-state index < -0.39 is 5.92 Å². The third kappa shape index (κ3) is 6.49. The number of carbonyl (C=O) groups excluding carboxylic acids is 1. The molecular weight excluding hydrogens is 402 g/mol. The van der Waals surface area contributed by atoms with Gasteiger partial charge in [-0.05, 0) is 31.6 Å². The van der Waals surface area contributed by atoms with Gasteiger partial charge in [0.15, 0.2) is 5.84 Å². The number of nitrogens with one attached hydrogen (secondary N) is 1. The molecule has 31 heavy (non-hydrogen) atoms. The molecule has 1 saturated heterocycles. The first-order chi connectivity index (χ1) is 14.7. The highest BCUT2D eigenvalue weighted by Crippen LogP contribution is 2.28. The Balaban J connectivity index is 2.20. The van der Waals surface area contributed by atoms with E-state index in [0.29, 0.717) is 43.3 Å². The Morgan fingerprint density at radius 3 is 2.58 bits per heavy atom. The van der Waals surface area contributed by atoms with Gasteiger partial charge in [0, 0.05) is 50.6 Å². The van der Waals surface area contributed by atoms with E-state index in [2.05, 4.69) is 23.5 Å². The van der Waals surface area contributed by atoms with Crippen molar-refractivity contribution in [1.82, 2.24) is 9.80 Å². The topological polar surface area (TPSA) is 68.2 Å². The summed E-state index contributed by atoms with van der Waals surface area (Å²) in [6, 6.07) is 5.69. The number of carbonyl (C=O) groups is 1. The fourth-order valence-corrected chi connectivity index (χ4v) is 3.42. The zero-order valence-corrected chi connectivity index (χ0v) is 18.0. The lowest BCUT2D eigenvalue weighted by Crippen LogP contribution is -2.57. The van der Waals surface area contributed by atoms with Crippen LogP contribution in [0.25, 0.3) is 0 Å². The molecule has 0 aliphatic carbocycles. The first kappa shape index (κ1) is 24.3. The van der Waals surface area contributed by atoms with Crippen LogP contribution in [0.4, 0.5) is 14.5 Å². The largest absolute Gasteiger partial charge is 0.396 e. The molecule has 1 heterocycles. The Labute approximate surface area is 182 Å². The lowest BCUT2D eigenvalue weighted by atomic mass is 10.1. The minimum Gasteiger partial charge on any atom is -0.396 e. The number of amides is 1. The van der Waals surface area contributed by atoms with Gasteiger partial charge in [0.25, 0.3) is 5.92 Å². The normalized spacial score (nSPS) is 17.7. The fraction of sp³-hybridized carbons (Fsp3) is 0.391. The van der Waals surface area contributed by atoms with Crippen molar-refractivity contribution < 1.29 is 18.7 Å². The van der Waals surface area contributed by atoms with Crippen LogP contribution in [0.15, 0.2) is 66.5 Å². The third-order valence-corrected chi connectivity index (χ3v) is 5.01. The van der Waals surface area contributed by atoms with Crippen LogP contribution in [0, 0.1) is 0 Å². The van der Waals surface area contributed by atoms with E-state index in [0.717, 1.165) is 6.92 Å². The molecule has 1 atom stereocenters. The van der Waals surface area contributed by atoms with Gasteiger partial charge in [-0.1, -0.05) is 31.4 Å². The van der Waals surface area contributed by atoms with Crippen molar-refractivity contribution in [2.75, 3.05) is 31.6 Å². The maximum Gasteiger partial charge on any atom is 0.270 e. The van der Waals surface area contributed by atoms with Crippen LogP contribution in [-0.2, 0) is 10.7 Å². The van der Waals surface area contributed by atoms with Crippen LogP contribution in [0.1, 0.15) is 25.8 Å². The molecule has 1 aromatic carbocycles. The van der Waals surface area contributed by atoms with Crippen molar-refractivity contribution in [2.24, 2.45) is 4.99 Å². The summed E-state index contributed by atoms with van der Waals surface area (Å²) >= 11 is 0. The Kier molecular flexibility index (Phi) is 8.50. The molecule has 0 saturated carbocycles. The molecule has 1 fully saturated rings. The number of rotatable bonds is 8. The van der Waals surface area contributed by atoms with Crippen LogP contribution in [0.3, 0.4) is 0 Å². The van der Waals surface area contributed by atoms with Crippen LogP contribution in [0.5, 0.6) is 0 Å². The molecule has 0 bridgehead atoms. The number of aliphatic imine (C=N–C) groups is 1. The van der Waals surface area contributed by atoms with Gasteiger partial charge < -0.3 is 20.2 Å². The number of allylic oxidation sites excluding steroid dienone is 1. The van der Waals surface area contributed by atoms with E-state index in [-0.39, 0.29) is 24.1 Å². The van der Waals surface area contributed by atoms with Crippen LogP contribution in [-0.4, -0.2) is 58.9 Å². The Morgan fingerprint density at radius 2 is 2.03 bits per heavy atom. The maximum atomic E-state index is 13.4. The number of aliphatic hydroxyl groups excluding tert-OH is 1. The van der Waals surface area contributed by atoms with Crippen molar-refractivity contribution in [1.29, 1.82) is 0 Å². The molecule has 1 aromatic rings. The van der Waals surface area contributed by atoms with Gasteiger partial charge >= 0.3 is 0 Å². The van der Waals surface area contributed by atoms with E-state index in [9.17, 15) is 18.7 Å². The van der Waals surface area contributed by atoms with Crippen molar-refractivity contribution in [3.63, 3.8) is 0 Å². The summed E-state index contributed by atoms with van der Waals surface area (Å²) in [4.78, 5) is 20.4. The second kappa shape index (κ2) is 10.9. The predicted molar refractivity (Wildman–Crippen MR) is 120 cm³/mol. The fourth-order valence-electron chi connectivity index (χ4n) is 3.42. The molecule has 168 valence electrons. The highest BCUT2D eigenvalue weighted by Gasteiger charge is 2.31. The maximum absolute atomic E-state index is 13.4. The minimum atomic E-state index is -2.90. The summed E-state index contributed by atoms with van der Waals surface area (Å²) in [7, 11) is 0. The molecule has 1 aliphatic rings. The summed E-state index contributed by atoms with van der Waals surface area (Å²) in [6.07, 6.45) is 5.14. The van der Waals surface area contributed by atoms with E-state index in [1.54, 1.807) is 29.3 Å². The number of piperazine rings is 1. The summed E-state index contributed by atoms with van der Waals surface area (Å²) < 4.78 is 26.9. The monoisotopic (exact) mass is 432 g/mol. The molecule has 6 nitrogen and oxygen atoms in total. The summed E-state index contributed by atoms with van der Waals surface area (Å²) in [6.45, 7) is 11.7. The molecule has 1 unspecified atom stereocenters. The molecule has 0 aromatic heterocycles. The predicted octanol–water partition coefficient (Wildman–Crippen LogP) is 3.74. The number of amidine groups is 1. The second-order valence-corrected chi connectivity index (χ2v) is 7.35. The van der Waals surface area contributed by atoms with Gasteiger partial charge in [0.2, 0.25) is 5.91 Å². The SMILES string of the molecule is C=CC(=O)N1CCN(C(=N/C=C\C)C(=C)Nc2ccc(C(C)(F)F)cc2)CC1CCO. The van der Waals surface area contributed by atoms with Crippen LogP contribution >= 0.6 is 0 Å². The van der Waals surface area contributed by atoms with E-state index in [1.165, 1.54) is 18.2 Å². The number of alkyl halides is 2. The average Bonchev–Trinajstić information content (AvgIpc) is 2.73. The molecule has 0 radical (unpaired) electrons. The molecule has 2 rings (SSSR count). The van der Waals surface area contributed by atoms with Crippen molar-refractivity contribution in [3.8, 4) is 0 Å². The Hall–Kier alpha value is -3.00. The van der Waals surface area contributed by atoms with E-state index in [4.69, 9.17) is 0 Å². The zero-order chi connectivity index (χ0) is 23.0. The Morgan fingerprint density at radius 1 is 1.35 bits per heavy atom. The van der Waals surface area contributed by atoms with E-state index in [1.807, 2.05) is 11.8 Å². The highest BCUT2D eigenvalue weighted by atomic mass is 19.3. The van der Waals surface area contributed by atoms with Crippen molar-refractivity contribution >= 4 is 17.4 Å². The summed E-state index contributed by atoms with van der Waals surface area (Å²) in [5.74, 6) is -2.50. The quantitative estimate of drug-likeness (QED) is 0.373. The van der Waals surface area contributed by atoms with Gasteiger partial charge in [-0.15, -0.1) is 0 Å². The molecule has 1 aliphatic heterocycles. The number of benzene rings is 1. The minimum absolute atomic E-state index is 0.0472. The zero-order valence-electron chi connectivity index (χ0n) is 18.0. The summed E-state index contributed by atoms with van der Waals surface area (Å²) in [5, 5.41) is 12.6. The number of hydrogen-bond acceptors (Lipinski definition) is 4. The van der Waals surface area contributed by atoms with Crippen LogP contribution in [0.2, 0.25) is 0 Å². The smallest absolute Gasteiger partial charge is 0.270 e. The highest BCUT2D eigenvalue weighted by molar-refractivity contribution is 6.01. The van der Waals surface area contributed by atoms with Gasteiger partial charge in [0.1, 0.15) is 0 Å². The average molecular weight is 433 g/mol. The van der Waals surface area contributed by atoms with Gasteiger partial charge in [-0.2, -0.15) is 0 Å². The van der Waals surface area contributed by atoms with Gasteiger partial charge in [0.05, 0.1) is 11.7 Å².